The third-order valence-electron chi connectivity index (χ3n) is 8.30. The summed E-state index contributed by atoms with van der Waals surface area (Å²) < 4.78 is 2.40. The van der Waals surface area contributed by atoms with Gasteiger partial charge in [0.25, 0.3) is 0 Å². The minimum absolute atomic E-state index is 1.19. The Balaban J connectivity index is 1.84. The molecular formula is C36H68N+. The molecule has 0 aliphatic rings. The standard InChI is InChI=1S/C36H68N/c1-3-5-7-9-11-13-15-17-18-19-21-23-25-27-29-33-37-34-31-36(32-35-37)30-28-26-24-22-20-16-14-12-10-8-6-4-2/h31-32,34-35H,3-30,33H2,1-2H3/q+1. The van der Waals surface area contributed by atoms with Gasteiger partial charge in [-0.2, -0.15) is 0 Å². The second-order valence-electron chi connectivity index (χ2n) is 12.0. The smallest absolute Gasteiger partial charge is 0.169 e. The molecule has 0 aliphatic heterocycles. The molecule has 1 heteroatoms. The minimum Gasteiger partial charge on any atom is -0.205 e. The first-order valence-corrected chi connectivity index (χ1v) is 17.3. The van der Waals surface area contributed by atoms with Crippen molar-refractivity contribution in [2.45, 2.75) is 200 Å². The SMILES string of the molecule is CCCCCCCCCCCCCCCCC[n+]1ccc(CCCCCCCCCCCCCC)cc1. The molecule has 0 radical (unpaired) electrons. The van der Waals surface area contributed by atoms with Crippen LogP contribution < -0.4 is 4.57 Å². The lowest BCUT2D eigenvalue weighted by Crippen LogP contribution is -2.32. The van der Waals surface area contributed by atoms with Crippen molar-refractivity contribution in [2.24, 2.45) is 0 Å². The molecule has 1 heterocycles. The molecule has 0 aromatic carbocycles. The van der Waals surface area contributed by atoms with Crippen LogP contribution in [0.2, 0.25) is 0 Å². The highest BCUT2D eigenvalue weighted by Gasteiger charge is 2.02. The number of nitrogens with zero attached hydrogens (tertiary/aromatic N) is 1. The van der Waals surface area contributed by atoms with Gasteiger partial charge >= 0.3 is 0 Å². The third kappa shape index (κ3) is 24.0. The highest BCUT2D eigenvalue weighted by Crippen LogP contribution is 2.14. The predicted octanol–water partition coefficient (Wildman–Crippen LogP) is 12.1. The second kappa shape index (κ2) is 28.2. The second-order valence-corrected chi connectivity index (χ2v) is 12.0. The summed E-state index contributed by atoms with van der Waals surface area (Å²) in [7, 11) is 0. The van der Waals surface area contributed by atoms with Gasteiger partial charge in [0.15, 0.2) is 12.4 Å². The zero-order chi connectivity index (χ0) is 26.5. The fraction of sp³-hybridized carbons (Fsp3) is 0.861. The largest absolute Gasteiger partial charge is 0.205 e. The van der Waals surface area contributed by atoms with Crippen molar-refractivity contribution in [1.82, 2.24) is 0 Å². The maximum atomic E-state index is 2.40. The van der Waals surface area contributed by atoms with E-state index < -0.39 is 0 Å². The van der Waals surface area contributed by atoms with Crippen molar-refractivity contribution in [3.8, 4) is 0 Å². The van der Waals surface area contributed by atoms with E-state index in [0.717, 1.165) is 0 Å². The lowest BCUT2D eigenvalue weighted by molar-refractivity contribution is -0.697. The molecule has 0 saturated heterocycles. The first kappa shape index (κ1) is 34.2. The van der Waals surface area contributed by atoms with E-state index in [1.54, 1.807) is 0 Å². The summed E-state index contributed by atoms with van der Waals surface area (Å²) in [5.41, 5.74) is 1.53. The molecule has 0 unspecified atom stereocenters. The van der Waals surface area contributed by atoms with Gasteiger partial charge in [-0.05, 0) is 24.8 Å². The van der Waals surface area contributed by atoms with Crippen LogP contribution in [0.1, 0.15) is 193 Å². The highest BCUT2D eigenvalue weighted by molar-refractivity contribution is 5.07. The lowest BCUT2D eigenvalue weighted by Gasteiger charge is -2.04. The third-order valence-corrected chi connectivity index (χ3v) is 8.30. The Morgan fingerprint density at radius 3 is 1.03 bits per heavy atom. The van der Waals surface area contributed by atoms with Crippen LogP contribution in [0, 0.1) is 0 Å². The monoisotopic (exact) mass is 515 g/mol. The van der Waals surface area contributed by atoms with Gasteiger partial charge in [-0.15, -0.1) is 0 Å². The fourth-order valence-electron chi connectivity index (χ4n) is 5.64. The Bertz CT molecular complexity index is 548. The predicted molar refractivity (Wildman–Crippen MR) is 166 cm³/mol. The van der Waals surface area contributed by atoms with Gasteiger partial charge < -0.3 is 0 Å². The number of rotatable bonds is 29. The maximum absolute atomic E-state index is 2.40. The summed E-state index contributed by atoms with van der Waals surface area (Å²) in [6.45, 7) is 5.80. The van der Waals surface area contributed by atoms with Crippen LogP contribution in [0.3, 0.4) is 0 Å². The van der Waals surface area contributed by atoms with E-state index in [1.807, 2.05) is 0 Å². The molecule has 0 bridgehead atoms. The summed E-state index contributed by atoms with van der Waals surface area (Å²) in [4.78, 5) is 0. The molecule has 1 aromatic heterocycles. The van der Waals surface area contributed by atoms with Crippen LogP contribution in [-0.2, 0) is 13.0 Å². The zero-order valence-corrected chi connectivity index (χ0v) is 25.8. The topological polar surface area (TPSA) is 3.88 Å². The van der Waals surface area contributed by atoms with Crippen LogP contribution in [-0.4, -0.2) is 0 Å². The van der Waals surface area contributed by atoms with Gasteiger partial charge in [0.2, 0.25) is 0 Å². The quantitative estimate of drug-likeness (QED) is 0.0739. The summed E-state index contributed by atoms with van der Waals surface area (Å²) in [6, 6.07) is 4.73. The average Bonchev–Trinajstić information content (AvgIpc) is 2.92. The van der Waals surface area contributed by atoms with Crippen LogP contribution in [0.25, 0.3) is 0 Å². The Morgan fingerprint density at radius 1 is 0.378 bits per heavy atom. The Hall–Kier alpha value is -0.850. The number of hydrogen-bond acceptors (Lipinski definition) is 0. The molecule has 0 atom stereocenters. The molecule has 1 nitrogen and oxygen atoms in total. The van der Waals surface area contributed by atoms with E-state index in [0.29, 0.717) is 0 Å². The summed E-state index contributed by atoms with van der Waals surface area (Å²) in [5, 5.41) is 0. The van der Waals surface area contributed by atoms with Gasteiger partial charge in [-0.1, -0.05) is 168 Å². The maximum Gasteiger partial charge on any atom is 0.169 e. The molecular weight excluding hydrogens is 446 g/mol. The molecule has 1 aromatic rings. The molecule has 0 saturated carbocycles. The van der Waals surface area contributed by atoms with Gasteiger partial charge in [0.05, 0.1) is 0 Å². The van der Waals surface area contributed by atoms with Gasteiger partial charge in [-0.25, -0.2) is 4.57 Å². The summed E-state index contributed by atoms with van der Waals surface area (Å²) in [6.07, 6.45) is 44.7. The average molecular weight is 515 g/mol. The van der Waals surface area contributed by atoms with Gasteiger partial charge in [0, 0.05) is 18.6 Å². The fourth-order valence-corrected chi connectivity index (χ4v) is 5.64. The van der Waals surface area contributed by atoms with E-state index in [2.05, 4.69) is 42.9 Å². The van der Waals surface area contributed by atoms with E-state index >= 15 is 0 Å². The Labute approximate surface area is 234 Å². The lowest BCUT2D eigenvalue weighted by atomic mass is 10.0. The van der Waals surface area contributed by atoms with E-state index in [1.165, 1.54) is 192 Å². The van der Waals surface area contributed by atoms with Crippen LogP contribution >= 0.6 is 0 Å². The number of aryl methyl sites for hydroxylation is 2. The minimum atomic E-state index is 1.19. The molecule has 216 valence electrons. The van der Waals surface area contributed by atoms with Crippen molar-refractivity contribution in [3.63, 3.8) is 0 Å². The van der Waals surface area contributed by atoms with Crippen molar-refractivity contribution in [2.75, 3.05) is 0 Å². The number of aromatic nitrogens is 1. The molecule has 0 spiro atoms. The molecule has 0 fully saturated rings. The molecule has 1 rings (SSSR count). The molecule has 0 N–H and O–H groups in total. The van der Waals surface area contributed by atoms with Gasteiger partial charge in [0.1, 0.15) is 6.54 Å². The van der Waals surface area contributed by atoms with Crippen molar-refractivity contribution in [1.29, 1.82) is 0 Å². The van der Waals surface area contributed by atoms with Crippen LogP contribution in [0.5, 0.6) is 0 Å². The van der Waals surface area contributed by atoms with Gasteiger partial charge in [-0.3, -0.25) is 0 Å². The number of hydrogen-bond donors (Lipinski definition) is 0. The normalized spacial score (nSPS) is 11.4. The Kier molecular flexibility index (Phi) is 26.0. The van der Waals surface area contributed by atoms with Crippen molar-refractivity contribution >= 4 is 0 Å². The highest BCUT2D eigenvalue weighted by atomic mass is 14.9. The first-order chi connectivity index (χ1) is 18.4. The van der Waals surface area contributed by atoms with E-state index in [9.17, 15) is 0 Å². The number of pyridine rings is 1. The van der Waals surface area contributed by atoms with E-state index in [4.69, 9.17) is 0 Å². The zero-order valence-electron chi connectivity index (χ0n) is 25.8. The van der Waals surface area contributed by atoms with E-state index in [-0.39, 0.29) is 0 Å². The molecule has 0 aliphatic carbocycles. The van der Waals surface area contributed by atoms with Crippen LogP contribution in [0.15, 0.2) is 24.5 Å². The van der Waals surface area contributed by atoms with Crippen LogP contribution in [0.4, 0.5) is 0 Å². The van der Waals surface area contributed by atoms with Crippen molar-refractivity contribution < 1.29 is 4.57 Å². The summed E-state index contributed by atoms with van der Waals surface area (Å²) in [5.74, 6) is 0. The summed E-state index contributed by atoms with van der Waals surface area (Å²) >= 11 is 0. The molecule has 37 heavy (non-hydrogen) atoms. The Morgan fingerprint density at radius 2 is 0.676 bits per heavy atom. The number of unbranched alkanes of at least 4 members (excludes halogenated alkanes) is 25. The first-order valence-electron chi connectivity index (χ1n) is 17.3. The van der Waals surface area contributed by atoms with Crippen molar-refractivity contribution in [3.05, 3.63) is 30.1 Å². The molecule has 0 amide bonds.